The van der Waals surface area contributed by atoms with Crippen molar-refractivity contribution in [1.29, 1.82) is 5.26 Å². The molecule has 0 aliphatic rings. The van der Waals surface area contributed by atoms with Gasteiger partial charge in [-0.1, -0.05) is 29.3 Å². The maximum absolute atomic E-state index is 12.0. The van der Waals surface area contributed by atoms with Gasteiger partial charge in [-0.3, -0.25) is 20.4 Å². The van der Waals surface area contributed by atoms with Gasteiger partial charge >= 0.3 is 0 Å². The topological polar surface area (TPSA) is 82.0 Å². The molecule has 0 radical (unpaired) electrons. The fourth-order valence-corrected chi connectivity index (χ4v) is 2.03. The molecule has 0 aromatic heterocycles. The van der Waals surface area contributed by atoms with E-state index >= 15 is 0 Å². The molecule has 0 aliphatic carbocycles. The lowest BCUT2D eigenvalue weighted by Crippen LogP contribution is -2.41. The highest BCUT2D eigenvalue weighted by atomic mass is 35.5. The van der Waals surface area contributed by atoms with E-state index in [0.717, 1.165) is 0 Å². The Morgan fingerprint density at radius 2 is 1.73 bits per heavy atom. The van der Waals surface area contributed by atoms with Crippen molar-refractivity contribution in [2.45, 2.75) is 0 Å². The first-order chi connectivity index (χ1) is 10.5. The Hall–Kier alpha value is -2.55. The summed E-state index contributed by atoms with van der Waals surface area (Å²) in [4.78, 5) is 23.9. The number of hydrogen-bond donors (Lipinski definition) is 2. The number of nitriles is 1. The van der Waals surface area contributed by atoms with Crippen LogP contribution in [0.25, 0.3) is 0 Å². The number of amides is 2. The summed E-state index contributed by atoms with van der Waals surface area (Å²) in [5, 5.41) is 9.35. The second-order valence-electron chi connectivity index (χ2n) is 4.23. The highest BCUT2D eigenvalue weighted by Gasteiger charge is 2.13. The molecule has 0 unspecified atom stereocenters. The number of carbonyl (C=O) groups is 2. The van der Waals surface area contributed by atoms with Gasteiger partial charge in [0.05, 0.1) is 22.2 Å². The van der Waals surface area contributed by atoms with Crippen LogP contribution in [0.15, 0.2) is 42.5 Å². The van der Waals surface area contributed by atoms with Gasteiger partial charge in [0.25, 0.3) is 11.8 Å². The number of carbonyl (C=O) groups excluding carboxylic acids is 2. The molecule has 2 aromatic rings. The molecule has 2 rings (SSSR count). The van der Waals surface area contributed by atoms with Crippen LogP contribution in [0.1, 0.15) is 26.3 Å². The van der Waals surface area contributed by atoms with Crippen LogP contribution in [-0.4, -0.2) is 11.8 Å². The number of hydrogen-bond acceptors (Lipinski definition) is 3. The van der Waals surface area contributed by atoms with Gasteiger partial charge < -0.3 is 0 Å². The van der Waals surface area contributed by atoms with Crippen molar-refractivity contribution < 1.29 is 9.59 Å². The third kappa shape index (κ3) is 3.76. The van der Waals surface area contributed by atoms with Crippen LogP contribution in [0.3, 0.4) is 0 Å². The van der Waals surface area contributed by atoms with Crippen molar-refractivity contribution in [3.8, 4) is 6.07 Å². The van der Waals surface area contributed by atoms with E-state index in [2.05, 4.69) is 10.9 Å². The zero-order valence-electron chi connectivity index (χ0n) is 11.1. The molecule has 0 saturated heterocycles. The number of rotatable bonds is 2. The average Bonchev–Trinajstić information content (AvgIpc) is 2.54. The van der Waals surface area contributed by atoms with Gasteiger partial charge in [0.15, 0.2) is 0 Å². The minimum atomic E-state index is -0.600. The fourth-order valence-electron chi connectivity index (χ4n) is 1.65. The van der Waals surface area contributed by atoms with E-state index in [1.807, 2.05) is 6.07 Å². The first-order valence-corrected chi connectivity index (χ1v) is 6.83. The molecule has 0 atom stereocenters. The van der Waals surface area contributed by atoms with Crippen LogP contribution >= 0.6 is 23.2 Å². The van der Waals surface area contributed by atoms with Crippen molar-refractivity contribution in [3.05, 3.63) is 69.2 Å². The first kappa shape index (κ1) is 15.8. The Bertz CT molecular complexity index is 785. The van der Waals surface area contributed by atoms with Crippen LogP contribution < -0.4 is 10.9 Å². The molecule has 0 bridgehead atoms. The molecule has 7 heteroatoms. The zero-order valence-corrected chi connectivity index (χ0v) is 12.6. The average molecular weight is 334 g/mol. The number of hydrazine groups is 1. The van der Waals surface area contributed by atoms with Gasteiger partial charge in [-0.15, -0.1) is 0 Å². The third-order valence-corrected chi connectivity index (χ3v) is 3.28. The maximum atomic E-state index is 12.0. The quantitative estimate of drug-likeness (QED) is 0.829. The Morgan fingerprint density at radius 3 is 2.45 bits per heavy atom. The monoisotopic (exact) mass is 333 g/mol. The zero-order chi connectivity index (χ0) is 16.1. The first-order valence-electron chi connectivity index (χ1n) is 6.07. The Balaban J connectivity index is 2.06. The van der Waals surface area contributed by atoms with Crippen LogP contribution in [-0.2, 0) is 0 Å². The predicted molar refractivity (Wildman–Crippen MR) is 82.6 cm³/mol. The largest absolute Gasteiger partial charge is 0.271 e. The minimum Gasteiger partial charge on any atom is -0.267 e. The fraction of sp³-hybridized carbons (Fsp3) is 0. The third-order valence-electron chi connectivity index (χ3n) is 2.72. The molecule has 2 amide bonds. The summed E-state index contributed by atoms with van der Waals surface area (Å²) in [6.07, 6.45) is 0. The van der Waals surface area contributed by atoms with E-state index in [0.29, 0.717) is 10.6 Å². The Labute approximate surface area is 136 Å². The van der Waals surface area contributed by atoms with Gasteiger partial charge in [0, 0.05) is 10.6 Å². The van der Waals surface area contributed by atoms with Crippen LogP contribution in [0, 0.1) is 11.3 Å². The molecule has 110 valence electrons. The molecule has 0 heterocycles. The van der Waals surface area contributed by atoms with E-state index in [1.165, 1.54) is 24.3 Å². The Morgan fingerprint density at radius 1 is 1.00 bits per heavy atom. The highest BCUT2D eigenvalue weighted by Crippen LogP contribution is 2.20. The number of nitrogens with one attached hydrogen (secondary N) is 2. The van der Waals surface area contributed by atoms with E-state index in [1.54, 1.807) is 18.2 Å². The van der Waals surface area contributed by atoms with Crippen LogP contribution in [0.5, 0.6) is 0 Å². The van der Waals surface area contributed by atoms with Crippen molar-refractivity contribution in [2.75, 3.05) is 0 Å². The molecule has 0 spiro atoms. The highest BCUT2D eigenvalue weighted by molar-refractivity contribution is 6.35. The number of nitrogens with zero attached hydrogens (tertiary/aromatic N) is 1. The standard InChI is InChI=1S/C15H9Cl2N3O2/c16-11-4-5-13(17)12(7-11)15(22)20-19-14(21)10-3-1-2-9(6-10)8-18/h1-7H,(H,19,21)(H,20,22). The Kier molecular flexibility index (Phi) is 4.99. The smallest absolute Gasteiger partial charge is 0.267 e. The molecule has 2 N–H and O–H groups in total. The number of benzene rings is 2. The molecular formula is C15H9Cl2N3O2. The molecule has 0 aliphatic heterocycles. The normalized spacial score (nSPS) is 9.68. The van der Waals surface area contributed by atoms with Gasteiger partial charge in [-0.05, 0) is 36.4 Å². The summed E-state index contributed by atoms with van der Waals surface area (Å²) >= 11 is 11.7. The van der Waals surface area contributed by atoms with Gasteiger partial charge in [-0.2, -0.15) is 5.26 Å². The van der Waals surface area contributed by atoms with E-state index in [9.17, 15) is 9.59 Å². The molecule has 2 aromatic carbocycles. The van der Waals surface area contributed by atoms with Crippen molar-refractivity contribution in [2.24, 2.45) is 0 Å². The molecular weight excluding hydrogens is 325 g/mol. The van der Waals surface area contributed by atoms with Crippen molar-refractivity contribution >= 4 is 35.0 Å². The lowest BCUT2D eigenvalue weighted by molar-refractivity contribution is 0.0846. The van der Waals surface area contributed by atoms with Gasteiger partial charge in [0.2, 0.25) is 0 Å². The van der Waals surface area contributed by atoms with E-state index in [-0.39, 0.29) is 16.1 Å². The number of halogens is 2. The SMILES string of the molecule is N#Cc1cccc(C(=O)NNC(=O)c2cc(Cl)ccc2Cl)c1. The van der Waals surface area contributed by atoms with Crippen LogP contribution in [0.2, 0.25) is 10.0 Å². The second-order valence-corrected chi connectivity index (χ2v) is 5.07. The summed E-state index contributed by atoms with van der Waals surface area (Å²) in [5.41, 5.74) is 5.21. The molecule has 22 heavy (non-hydrogen) atoms. The van der Waals surface area contributed by atoms with Crippen molar-refractivity contribution in [1.82, 2.24) is 10.9 Å². The molecule has 5 nitrogen and oxygen atoms in total. The summed E-state index contributed by atoms with van der Waals surface area (Å²) < 4.78 is 0. The lowest BCUT2D eigenvalue weighted by Gasteiger charge is -2.09. The van der Waals surface area contributed by atoms with Gasteiger partial charge in [-0.25, -0.2) is 0 Å². The summed E-state index contributed by atoms with van der Waals surface area (Å²) in [6.45, 7) is 0. The van der Waals surface area contributed by atoms with Crippen LogP contribution in [0.4, 0.5) is 0 Å². The summed E-state index contributed by atoms with van der Waals surface area (Å²) in [5.74, 6) is -1.15. The van der Waals surface area contributed by atoms with E-state index in [4.69, 9.17) is 28.5 Å². The molecule has 0 fully saturated rings. The van der Waals surface area contributed by atoms with E-state index < -0.39 is 11.8 Å². The summed E-state index contributed by atoms with van der Waals surface area (Å²) in [6, 6.07) is 12.4. The minimum absolute atomic E-state index is 0.139. The maximum Gasteiger partial charge on any atom is 0.271 e. The molecule has 0 saturated carbocycles. The second kappa shape index (κ2) is 6.94. The van der Waals surface area contributed by atoms with Gasteiger partial charge in [0.1, 0.15) is 0 Å². The summed E-state index contributed by atoms with van der Waals surface area (Å²) in [7, 11) is 0. The lowest BCUT2D eigenvalue weighted by atomic mass is 10.1. The predicted octanol–water partition coefficient (Wildman–Crippen LogP) is 2.94. The van der Waals surface area contributed by atoms with Crippen molar-refractivity contribution in [3.63, 3.8) is 0 Å².